The molecule has 1 fully saturated rings. The minimum absolute atomic E-state index is 0.0710. The van der Waals surface area contributed by atoms with Crippen molar-refractivity contribution < 1.29 is 14.3 Å². The monoisotopic (exact) mass is 509 g/mol. The minimum Gasteiger partial charge on any atom is -0.490 e. The summed E-state index contributed by atoms with van der Waals surface area (Å²) in [6, 6.07) is 13.2. The van der Waals surface area contributed by atoms with Gasteiger partial charge in [-0.1, -0.05) is 34.1 Å². The Morgan fingerprint density at radius 2 is 1.93 bits per heavy atom. The molecule has 1 aliphatic rings. The highest BCUT2D eigenvalue weighted by Crippen LogP contribution is 2.35. The van der Waals surface area contributed by atoms with E-state index in [1.165, 1.54) is 4.90 Å². The molecule has 0 bridgehead atoms. The molecule has 0 aliphatic carbocycles. The number of rotatable bonds is 5. The van der Waals surface area contributed by atoms with Crippen LogP contribution in [0.5, 0.6) is 5.75 Å². The van der Waals surface area contributed by atoms with Crippen LogP contribution in [-0.4, -0.2) is 22.2 Å². The highest BCUT2D eigenvalue weighted by Gasteiger charge is 2.35. The van der Waals surface area contributed by atoms with Crippen LogP contribution in [0.1, 0.15) is 25.0 Å². The van der Waals surface area contributed by atoms with Gasteiger partial charge >= 0.3 is 0 Å². The van der Waals surface area contributed by atoms with Gasteiger partial charge in [0.25, 0.3) is 11.1 Å². The Labute approximate surface area is 179 Å². The molecule has 2 aromatic carbocycles. The summed E-state index contributed by atoms with van der Waals surface area (Å²) in [4.78, 5) is 26.7. The molecule has 27 heavy (non-hydrogen) atoms. The summed E-state index contributed by atoms with van der Waals surface area (Å²) in [5, 5.41) is -0.259. The largest absolute Gasteiger partial charge is 0.490 e. The van der Waals surface area contributed by atoms with Crippen LogP contribution >= 0.6 is 43.6 Å². The third-order valence-electron chi connectivity index (χ3n) is 3.72. The lowest BCUT2D eigenvalue weighted by molar-refractivity contribution is -0.123. The molecule has 7 heteroatoms. The minimum atomic E-state index is -0.274. The summed E-state index contributed by atoms with van der Waals surface area (Å²) in [6.45, 7) is 4.18. The number of benzene rings is 2. The molecule has 1 saturated heterocycles. The van der Waals surface area contributed by atoms with Gasteiger partial charge in [-0.25, -0.2) is 0 Å². The number of carbonyl (C=O) groups is 2. The molecule has 3 rings (SSSR count). The van der Waals surface area contributed by atoms with Gasteiger partial charge in [0.15, 0.2) is 0 Å². The molecule has 0 unspecified atom stereocenters. The first-order valence-electron chi connectivity index (χ1n) is 8.29. The van der Waals surface area contributed by atoms with Crippen molar-refractivity contribution >= 4 is 60.8 Å². The van der Waals surface area contributed by atoms with Gasteiger partial charge in [0.05, 0.1) is 22.0 Å². The van der Waals surface area contributed by atoms with Crippen molar-refractivity contribution in [1.82, 2.24) is 4.90 Å². The number of halogens is 2. The fourth-order valence-electron chi connectivity index (χ4n) is 2.56. The van der Waals surface area contributed by atoms with Gasteiger partial charge < -0.3 is 4.74 Å². The van der Waals surface area contributed by atoms with Crippen molar-refractivity contribution in [1.29, 1.82) is 0 Å². The third kappa shape index (κ3) is 5.03. The van der Waals surface area contributed by atoms with Crippen molar-refractivity contribution in [2.75, 3.05) is 0 Å². The van der Waals surface area contributed by atoms with Crippen LogP contribution in [0.15, 0.2) is 56.3 Å². The molecule has 1 aliphatic heterocycles. The first kappa shape index (κ1) is 20.2. The van der Waals surface area contributed by atoms with E-state index in [-0.39, 0.29) is 23.8 Å². The standard InChI is InChI=1S/C20H17Br2NO3S/c1-12(2)26-17-7-6-13(9-16(17)22)10-18-19(24)23(20(25)27-18)11-14-4-3-5-15(21)8-14/h3-10,12H,11H2,1-2H3/b18-10-. The lowest BCUT2D eigenvalue weighted by Gasteiger charge is -2.13. The molecular formula is C20H17Br2NO3S. The molecule has 2 aromatic rings. The Bertz CT molecular complexity index is 927. The van der Waals surface area contributed by atoms with E-state index in [9.17, 15) is 9.59 Å². The zero-order chi connectivity index (χ0) is 19.6. The number of hydrogen-bond acceptors (Lipinski definition) is 4. The smallest absolute Gasteiger partial charge is 0.293 e. The molecule has 0 N–H and O–H groups in total. The van der Waals surface area contributed by atoms with Gasteiger partial charge in [-0.15, -0.1) is 0 Å². The van der Waals surface area contributed by atoms with Gasteiger partial charge in [-0.3, -0.25) is 14.5 Å². The van der Waals surface area contributed by atoms with E-state index in [2.05, 4.69) is 31.9 Å². The molecule has 140 valence electrons. The van der Waals surface area contributed by atoms with Crippen LogP contribution in [0, 0.1) is 0 Å². The van der Waals surface area contributed by atoms with E-state index < -0.39 is 0 Å². The number of hydrogen-bond donors (Lipinski definition) is 0. The van der Waals surface area contributed by atoms with Crippen molar-refractivity contribution in [3.05, 3.63) is 67.4 Å². The normalized spacial score (nSPS) is 15.9. The van der Waals surface area contributed by atoms with Crippen LogP contribution in [0.4, 0.5) is 4.79 Å². The molecule has 2 amide bonds. The fraction of sp³-hybridized carbons (Fsp3) is 0.200. The van der Waals surface area contributed by atoms with E-state index in [0.29, 0.717) is 4.91 Å². The van der Waals surface area contributed by atoms with Crippen LogP contribution in [0.25, 0.3) is 6.08 Å². The molecule has 1 heterocycles. The number of imide groups is 1. The second-order valence-electron chi connectivity index (χ2n) is 6.25. The van der Waals surface area contributed by atoms with E-state index >= 15 is 0 Å². The molecular weight excluding hydrogens is 494 g/mol. The predicted molar refractivity (Wildman–Crippen MR) is 116 cm³/mol. The van der Waals surface area contributed by atoms with Crippen molar-refractivity contribution in [2.24, 2.45) is 0 Å². The van der Waals surface area contributed by atoms with Gasteiger partial charge in [0.1, 0.15) is 5.75 Å². The highest BCUT2D eigenvalue weighted by molar-refractivity contribution is 9.10. The summed E-state index contributed by atoms with van der Waals surface area (Å²) in [5.74, 6) is 0.466. The molecule has 0 radical (unpaired) electrons. The lowest BCUT2D eigenvalue weighted by Crippen LogP contribution is -2.27. The lowest BCUT2D eigenvalue weighted by atomic mass is 10.2. The summed E-state index contributed by atoms with van der Waals surface area (Å²) in [6.07, 6.45) is 1.80. The maximum Gasteiger partial charge on any atom is 0.293 e. The Morgan fingerprint density at radius 1 is 1.15 bits per heavy atom. The van der Waals surface area contributed by atoms with Crippen LogP contribution in [0.3, 0.4) is 0 Å². The van der Waals surface area contributed by atoms with E-state index in [4.69, 9.17) is 4.74 Å². The number of carbonyl (C=O) groups excluding carboxylic acids is 2. The maximum atomic E-state index is 12.7. The number of nitrogens with zero attached hydrogens (tertiary/aromatic N) is 1. The molecule has 0 aromatic heterocycles. The quantitative estimate of drug-likeness (QED) is 0.447. The Kier molecular flexibility index (Phi) is 6.44. The molecule has 0 saturated carbocycles. The zero-order valence-electron chi connectivity index (χ0n) is 14.7. The van der Waals surface area contributed by atoms with Gasteiger partial charge in [-0.2, -0.15) is 0 Å². The van der Waals surface area contributed by atoms with Crippen LogP contribution < -0.4 is 4.74 Å². The van der Waals surface area contributed by atoms with E-state index in [1.807, 2.05) is 56.3 Å². The molecule has 0 spiro atoms. The average molecular weight is 511 g/mol. The van der Waals surface area contributed by atoms with Crippen molar-refractivity contribution in [2.45, 2.75) is 26.5 Å². The van der Waals surface area contributed by atoms with Crippen LogP contribution in [-0.2, 0) is 11.3 Å². The number of amides is 2. The Morgan fingerprint density at radius 3 is 2.59 bits per heavy atom. The summed E-state index contributed by atoms with van der Waals surface area (Å²) >= 11 is 7.85. The fourth-order valence-corrected chi connectivity index (χ4v) is 4.34. The summed E-state index contributed by atoms with van der Waals surface area (Å²) in [7, 11) is 0. The number of thioether (sulfide) groups is 1. The molecule has 0 atom stereocenters. The summed E-state index contributed by atoms with van der Waals surface area (Å²) < 4.78 is 7.41. The second kappa shape index (κ2) is 8.63. The zero-order valence-corrected chi connectivity index (χ0v) is 18.7. The SMILES string of the molecule is CC(C)Oc1ccc(/C=C2\SC(=O)N(Cc3cccc(Br)c3)C2=O)cc1Br. The van der Waals surface area contributed by atoms with E-state index in [1.54, 1.807) is 6.08 Å². The van der Waals surface area contributed by atoms with Gasteiger partial charge in [0, 0.05) is 4.47 Å². The topological polar surface area (TPSA) is 46.6 Å². The predicted octanol–water partition coefficient (Wildman–Crippen LogP) is 6.24. The first-order valence-corrected chi connectivity index (χ1v) is 10.7. The summed E-state index contributed by atoms with van der Waals surface area (Å²) in [5.41, 5.74) is 1.72. The Hall–Kier alpha value is -1.57. The maximum absolute atomic E-state index is 12.7. The second-order valence-corrected chi connectivity index (χ2v) is 9.02. The number of ether oxygens (including phenoxy) is 1. The Balaban J connectivity index is 1.79. The van der Waals surface area contributed by atoms with Crippen LogP contribution in [0.2, 0.25) is 0 Å². The van der Waals surface area contributed by atoms with Crippen molar-refractivity contribution in [3.8, 4) is 5.75 Å². The highest BCUT2D eigenvalue weighted by atomic mass is 79.9. The molecule has 4 nitrogen and oxygen atoms in total. The third-order valence-corrected chi connectivity index (χ3v) is 5.74. The van der Waals surface area contributed by atoms with E-state index in [0.717, 1.165) is 37.6 Å². The van der Waals surface area contributed by atoms with Gasteiger partial charge in [0.2, 0.25) is 0 Å². The van der Waals surface area contributed by atoms with Gasteiger partial charge in [-0.05, 0) is 83.0 Å². The average Bonchev–Trinajstić information content (AvgIpc) is 2.85. The van der Waals surface area contributed by atoms with Crippen molar-refractivity contribution in [3.63, 3.8) is 0 Å². The first-order chi connectivity index (χ1) is 12.8.